The Kier molecular flexibility index (Phi) is 5.62. The van der Waals surface area contributed by atoms with Crippen LogP contribution in [0, 0.1) is 11.3 Å². The van der Waals surface area contributed by atoms with Crippen molar-refractivity contribution >= 4 is 6.29 Å². The first kappa shape index (κ1) is 16.0. The van der Waals surface area contributed by atoms with Crippen molar-refractivity contribution in [2.75, 3.05) is 33.2 Å². The van der Waals surface area contributed by atoms with Crippen molar-refractivity contribution in [2.24, 2.45) is 11.3 Å². The highest BCUT2D eigenvalue weighted by Gasteiger charge is 2.37. The lowest BCUT2D eigenvalue weighted by atomic mass is 9.70. The monoisotopic (exact) mass is 280 g/mol. The number of nitrogens with zero attached hydrogens (tertiary/aromatic N) is 2. The molecule has 0 radical (unpaired) electrons. The van der Waals surface area contributed by atoms with Gasteiger partial charge in [0.05, 0.1) is 0 Å². The van der Waals surface area contributed by atoms with Crippen LogP contribution >= 0.6 is 0 Å². The molecule has 1 heterocycles. The Bertz CT molecular complexity index is 312. The van der Waals surface area contributed by atoms with Gasteiger partial charge in [0.25, 0.3) is 0 Å². The van der Waals surface area contributed by atoms with E-state index in [1.165, 1.54) is 51.6 Å². The van der Waals surface area contributed by atoms with Crippen molar-refractivity contribution in [3.63, 3.8) is 0 Å². The molecule has 0 aromatic rings. The number of hydrogen-bond donors (Lipinski definition) is 0. The third-order valence-electron chi connectivity index (χ3n) is 5.57. The fraction of sp³-hybridized carbons (Fsp3) is 0.941. The standard InChI is InChI=1S/C17H32N2O/c1-4-19-10-7-16(8-11-19)18(3)13-17(14-20)9-5-6-15(2)12-17/h14-16H,4-13H2,1-3H3. The lowest BCUT2D eigenvalue weighted by Gasteiger charge is -2.42. The molecule has 2 atom stereocenters. The summed E-state index contributed by atoms with van der Waals surface area (Å²) in [6.07, 6.45) is 8.51. The van der Waals surface area contributed by atoms with Crippen LogP contribution in [0.2, 0.25) is 0 Å². The Morgan fingerprint density at radius 3 is 2.55 bits per heavy atom. The molecule has 3 nitrogen and oxygen atoms in total. The summed E-state index contributed by atoms with van der Waals surface area (Å²) in [5.41, 5.74) is -0.0612. The van der Waals surface area contributed by atoms with Gasteiger partial charge in [0, 0.05) is 18.0 Å². The molecule has 1 saturated carbocycles. The van der Waals surface area contributed by atoms with E-state index < -0.39 is 0 Å². The Hall–Kier alpha value is -0.410. The van der Waals surface area contributed by atoms with E-state index in [1.54, 1.807) is 0 Å². The number of piperidine rings is 1. The molecule has 2 rings (SSSR count). The SMILES string of the molecule is CCN1CCC(N(C)CC2(C=O)CCCC(C)C2)CC1. The summed E-state index contributed by atoms with van der Waals surface area (Å²) in [5.74, 6) is 0.712. The molecule has 116 valence electrons. The van der Waals surface area contributed by atoms with E-state index in [2.05, 4.69) is 30.7 Å². The van der Waals surface area contributed by atoms with Crippen LogP contribution in [0.3, 0.4) is 0 Å². The maximum Gasteiger partial charge on any atom is 0.127 e. The number of rotatable bonds is 5. The Morgan fingerprint density at radius 2 is 2.00 bits per heavy atom. The lowest BCUT2D eigenvalue weighted by molar-refractivity contribution is -0.120. The van der Waals surface area contributed by atoms with Gasteiger partial charge in [0.2, 0.25) is 0 Å². The zero-order valence-corrected chi connectivity index (χ0v) is 13.6. The van der Waals surface area contributed by atoms with Gasteiger partial charge in [-0.3, -0.25) is 0 Å². The molecule has 1 saturated heterocycles. The predicted octanol–water partition coefficient (Wildman–Crippen LogP) is 2.80. The van der Waals surface area contributed by atoms with Crippen molar-refractivity contribution in [2.45, 2.75) is 58.4 Å². The second-order valence-electron chi connectivity index (χ2n) is 7.26. The van der Waals surface area contributed by atoms with E-state index in [-0.39, 0.29) is 5.41 Å². The van der Waals surface area contributed by atoms with Gasteiger partial charge >= 0.3 is 0 Å². The largest absolute Gasteiger partial charge is 0.303 e. The molecular weight excluding hydrogens is 248 g/mol. The molecule has 1 aliphatic heterocycles. The quantitative estimate of drug-likeness (QED) is 0.724. The Labute approximate surface area is 124 Å². The van der Waals surface area contributed by atoms with E-state index in [0.717, 1.165) is 19.4 Å². The molecule has 1 aliphatic carbocycles. The van der Waals surface area contributed by atoms with Crippen LogP contribution in [0.1, 0.15) is 52.4 Å². The van der Waals surface area contributed by atoms with Gasteiger partial charge < -0.3 is 14.6 Å². The summed E-state index contributed by atoms with van der Waals surface area (Å²) in [7, 11) is 2.23. The predicted molar refractivity (Wildman–Crippen MR) is 83.9 cm³/mol. The van der Waals surface area contributed by atoms with Crippen LogP contribution in [-0.2, 0) is 4.79 Å². The van der Waals surface area contributed by atoms with E-state index in [9.17, 15) is 4.79 Å². The van der Waals surface area contributed by atoms with Gasteiger partial charge in [-0.2, -0.15) is 0 Å². The molecule has 2 unspecified atom stereocenters. The molecule has 0 amide bonds. The molecule has 0 N–H and O–H groups in total. The molecule has 0 bridgehead atoms. The van der Waals surface area contributed by atoms with Gasteiger partial charge in [-0.15, -0.1) is 0 Å². The van der Waals surface area contributed by atoms with Gasteiger partial charge in [0.1, 0.15) is 6.29 Å². The first-order valence-electron chi connectivity index (χ1n) is 8.47. The minimum absolute atomic E-state index is 0.0612. The average molecular weight is 280 g/mol. The summed E-state index contributed by atoms with van der Waals surface area (Å²) in [5, 5.41) is 0. The summed E-state index contributed by atoms with van der Waals surface area (Å²) in [6, 6.07) is 0.673. The van der Waals surface area contributed by atoms with Gasteiger partial charge in [0.15, 0.2) is 0 Å². The number of carbonyl (C=O) groups excluding carboxylic acids is 1. The van der Waals surface area contributed by atoms with Crippen LogP contribution in [0.4, 0.5) is 0 Å². The zero-order valence-electron chi connectivity index (χ0n) is 13.6. The molecule has 20 heavy (non-hydrogen) atoms. The summed E-state index contributed by atoms with van der Waals surface area (Å²) in [4.78, 5) is 16.7. The zero-order chi connectivity index (χ0) is 14.6. The number of likely N-dealkylation sites (tertiary alicyclic amines) is 1. The normalized spacial score (nSPS) is 33.5. The van der Waals surface area contributed by atoms with Crippen LogP contribution in [-0.4, -0.2) is 55.4 Å². The molecule has 0 aromatic heterocycles. The first-order valence-corrected chi connectivity index (χ1v) is 8.47. The topological polar surface area (TPSA) is 23.6 Å². The smallest absolute Gasteiger partial charge is 0.127 e. The molecule has 2 aliphatic rings. The number of hydrogen-bond acceptors (Lipinski definition) is 3. The van der Waals surface area contributed by atoms with E-state index in [0.29, 0.717) is 12.0 Å². The maximum atomic E-state index is 11.7. The number of aldehydes is 1. The number of carbonyl (C=O) groups is 1. The maximum absolute atomic E-state index is 11.7. The van der Waals surface area contributed by atoms with Crippen molar-refractivity contribution < 1.29 is 4.79 Å². The fourth-order valence-corrected chi connectivity index (χ4v) is 4.29. The third-order valence-corrected chi connectivity index (χ3v) is 5.57. The highest BCUT2D eigenvalue weighted by Crippen LogP contribution is 2.38. The summed E-state index contributed by atoms with van der Waals surface area (Å²) < 4.78 is 0. The highest BCUT2D eigenvalue weighted by atomic mass is 16.1. The average Bonchev–Trinajstić information content (AvgIpc) is 2.47. The van der Waals surface area contributed by atoms with Crippen LogP contribution in [0.5, 0.6) is 0 Å². The molecule has 0 spiro atoms. The van der Waals surface area contributed by atoms with E-state index in [1.807, 2.05) is 0 Å². The van der Waals surface area contributed by atoms with Gasteiger partial charge in [-0.05, 0) is 58.3 Å². The highest BCUT2D eigenvalue weighted by molar-refractivity contribution is 5.60. The fourth-order valence-electron chi connectivity index (χ4n) is 4.29. The van der Waals surface area contributed by atoms with Crippen LogP contribution in [0.15, 0.2) is 0 Å². The minimum Gasteiger partial charge on any atom is -0.303 e. The van der Waals surface area contributed by atoms with Crippen molar-refractivity contribution in [1.29, 1.82) is 0 Å². The molecule has 3 heteroatoms. The Morgan fingerprint density at radius 1 is 1.30 bits per heavy atom. The molecule has 0 aromatic carbocycles. The first-order chi connectivity index (χ1) is 9.58. The summed E-state index contributed by atoms with van der Waals surface area (Å²) >= 11 is 0. The summed E-state index contributed by atoms with van der Waals surface area (Å²) in [6.45, 7) is 9.13. The second kappa shape index (κ2) is 7.04. The van der Waals surface area contributed by atoms with Gasteiger partial charge in [-0.1, -0.05) is 26.7 Å². The van der Waals surface area contributed by atoms with Crippen LogP contribution < -0.4 is 0 Å². The van der Waals surface area contributed by atoms with Crippen molar-refractivity contribution in [1.82, 2.24) is 9.80 Å². The minimum atomic E-state index is -0.0612. The van der Waals surface area contributed by atoms with E-state index in [4.69, 9.17) is 0 Å². The molecular formula is C17H32N2O. The Balaban J connectivity index is 1.89. The third kappa shape index (κ3) is 3.82. The van der Waals surface area contributed by atoms with Crippen LogP contribution in [0.25, 0.3) is 0 Å². The second-order valence-corrected chi connectivity index (χ2v) is 7.26. The lowest BCUT2D eigenvalue weighted by Crippen LogP contribution is -2.48. The molecule has 2 fully saturated rings. The van der Waals surface area contributed by atoms with Crippen molar-refractivity contribution in [3.8, 4) is 0 Å². The van der Waals surface area contributed by atoms with Crippen molar-refractivity contribution in [3.05, 3.63) is 0 Å². The van der Waals surface area contributed by atoms with Gasteiger partial charge in [-0.25, -0.2) is 0 Å². The van der Waals surface area contributed by atoms with E-state index >= 15 is 0 Å².